The lowest BCUT2D eigenvalue weighted by atomic mass is 9.74. The fourth-order valence-electron chi connectivity index (χ4n) is 4.40. The standard InChI is InChI=1S/C19H19NO4/c1-11(2)10-14-19-9-8-13(24-19)15(18(22)23)16(19)17(21)20(14)12-6-4-3-5-7-12/h3-9,13-16H,1,10H2,2H3,(H,22,23)/p-1/t13-,14+,15+,16-,19-/m1/s1. The SMILES string of the molecule is C=C(C)C[C@@H]1N(c2ccccc2)C(=O)[C@H]2[C@@H](C(=O)[O-])[C@H]3C=C[C@@]12O3. The molecule has 5 heteroatoms. The van der Waals surface area contributed by atoms with Crippen LogP contribution >= 0.6 is 0 Å². The normalized spacial score (nSPS) is 36.2. The second-order valence-corrected chi connectivity index (χ2v) is 6.84. The largest absolute Gasteiger partial charge is 0.550 e. The van der Waals surface area contributed by atoms with Gasteiger partial charge >= 0.3 is 0 Å². The number of ether oxygens (including phenoxy) is 1. The maximum atomic E-state index is 13.2. The van der Waals surface area contributed by atoms with Crippen molar-refractivity contribution in [2.75, 3.05) is 4.90 Å². The Morgan fingerprint density at radius 3 is 2.71 bits per heavy atom. The summed E-state index contributed by atoms with van der Waals surface area (Å²) >= 11 is 0. The summed E-state index contributed by atoms with van der Waals surface area (Å²) in [5.74, 6) is -3.13. The highest BCUT2D eigenvalue weighted by atomic mass is 16.5. The molecule has 1 aromatic carbocycles. The molecule has 5 nitrogen and oxygen atoms in total. The number of hydrogen-bond acceptors (Lipinski definition) is 4. The van der Waals surface area contributed by atoms with Gasteiger partial charge in [-0.05, 0) is 25.5 Å². The van der Waals surface area contributed by atoms with Crippen LogP contribution in [0.4, 0.5) is 5.69 Å². The molecule has 24 heavy (non-hydrogen) atoms. The molecule has 2 saturated heterocycles. The molecule has 3 aliphatic heterocycles. The number of carboxylic acids is 1. The average molecular weight is 324 g/mol. The van der Waals surface area contributed by atoms with E-state index < -0.39 is 29.5 Å². The Bertz CT molecular complexity index is 756. The summed E-state index contributed by atoms with van der Waals surface area (Å²) in [6.45, 7) is 5.87. The molecule has 0 aliphatic carbocycles. The molecule has 0 aromatic heterocycles. The summed E-state index contributed by atoms with van der Waals surface area (Å²) in [4.78, 5) is 26.5. The first-order valence-electron chi connectivity index (χ1n) is 8.06. The Hall–Kier alpha value is -2.40. The van der Waals surface area contributed by atoms with Gasteiger partial charge in [0.1, 0.15) is 5.60 Å². The minimum atomic E-state index is -1.23. The molecule has 3 heterocycles. The van der Waals surface area contributed by atoms with Crippen molar-refractivity contribution in [2.24, 2.45) is 11.8 Å². The lowest BCUT2D eigenvalue weighted by Crippen LogP contribution is -2.46. The van der Waals surface area contributed by atoms with Gasteiger partial charge in [0, 0.05) is 17.6 Å². The minimum absolute atomic E-state index is 0.214. The van der Waals surface area contributed by atoms with Gasteiger partial charge in [-0.2, -0.15) is 0 Å². The number of carbonyl (C=O) groups is 2. The van der Waals surface area contributed by atoms with Gasteiger partial charge in [-0.25, -0.2) is 0 Å². The van der Waals surface area contributed by atoms with Crippen molar-refractivity contribution in [3.63, 3.8) is 0 Å². The number of anilines is 1. The topological polar surface area (TPSA) is 69.7 Å². The summed E-state index contributed by atoms with van der Waals surface area (Å²) in [6, 6.07) is 8.99. The number of nitrogens with zero attached hydrogens (tertiary/aromatic N) is 1. The zero-order chi connectivity index (χ0) is 17.1. The lowest BCUT2D eigenvalue weighted by molar-refractivity contribution is -0.313. The maximum absolute atomic E-state index is 13.2. The molecule has 0 saturated carbocycles. The van der Waals surface area contributed by atoms with Crippen molar-refractivity contribution >= 4 is 17.6 Å². The van der Waals surface area contributed by atoms with E-state index in [0.29, 0.717) is 6.42 Å². The van der Waals surface area contributed by atoms with E-state index in [1.54, 1.807) is 11.0 Å². The number of rotatable bonds is 4. The predicted octanol–water partition coefficient (Wildman–Crippen LogP) is 1.06. The van der Waals surface area contributed by atoms with Crippen LogP contribution in [0.2, 0.25) is 0 Å². The van der Waals surface area contributed by atoms with Crippen LogP contribution in [-0.2, 0) is 14.3 Å². The third-order valence-electron chi connectivity index (χ3n) is 5.27. The Kier molecular flexibility index (Phi) is 3.18. The number of carbonyl (C=O) groups excluding carboxylic acids is 2. The summed E-state index contributed by atoms with van der Waals surface area (Å²) in [5.41, 5.74) is 0.748. The van der Waals surface area contributed by atoms with Gasteiger partial charge in [0.05, 0.1) is 18.1 Å². The smallest absolute Gasteiger partial charge is 0.234 e. The van der Waals surface area contributed by atoms with E-state index in [9.17, 15) is 14.7 Å². The summed E-state index contributed by atoms with van der Waals surface area (Å²) in [7, 11) is 0. The minimum Gasteiger partial charge on any atom is -0.550 e. The third kappa shape index (κ3) is 1.85. The van der Waals surface area contributed by atoms with Crippen LogP contribution in [0.1, 0.15) is 13.3 Å². The monoisotopic (exact) mass is 324 g/mol. The van der Waals surface area contributed by atoms with Crippen LogP contribution in [0.15, 0.2) is 54.6 Å². The predicted molar refractivity (Wildman–Crippen MR) is 85.9 cm³/mol. The molecular weight excluding hydrogens is 306 g/mol. The van der Waals surface area contributed by atoms with Gasteiger partial charge in [0.2, 0.25) is 5.91 Å². The highest BCUT2D eigenvalue weighted by Gasteiger charge is 2.69. The van der Waals surface area contributed by atoms with Gasteiger partial charge in [-0.15, -0.1) is 6.58 Å². The summed E-state index contributed by atoms with van der Waals surface area (Å²) in [5, 5.41) is 11.6. The second kappa shape index (κ2) is 5.05. The molecule has 1 spiro atoms. The van der Waals surface area contributed by atoms with Crippen LogP contribution in [0, 0.1) is 11.8 Å². The average Bonchev–Trinajstić information content (AvgIpc) is 3.17. The fraction of sp³-hybridized carbons (Fsp3) is 0.368. The van der Waals surface area contributed by atoms with Crippen molar-refractivity contribution in [2.45, 2.75) is 31.1 Å². The molecule has 124 valence electrons. The van der Waals surface area contributed by atoms with E-state index in [4.69, 9.17) is 4.74 Å². The van der Waals surface area contributed by atoms with E-state index >= 15 is 0 Å². The van der Waals surface area contributed by atoms with Crippen molar-refractivity contribution < 1.29 is 19.4 Å². The highest BCUT2D eigenvalue weighted by molar-refractivity contribution is 6.03. The van der Waals surface area contributed by atoms with Crippen LogP contribution in [0.3, 0.4) is 0 Å². The number of carboxylic acid groups (broad SMARTS) is 1. The first-order valence-corrected chi connectivity index (χ1v) is 8.06. The first kappa shape index (κ1) is 15.1. The van der Waals surface area contributed by atoms with Gasteiger partial charge in [-0.3, -0.25) is 4.79 Å². The third-order valence-corrected chi connectivity index (χ3v) is 5.27. The Labute approximate surface area is 140 Å². The number of aliphatic carboxylic acids is 1. The maximum Gasteiger partial charge on any atom is 0.234 e. The number of benzene rings is 1. The molecule has 5 atom stereocenters. The highest BCUT2D eigenvalue weighted by Crippen LogP contribution is 2.56. The molecule has 1 amide bonds. The molecule has 3 aliphatic rings. The summed E-state index contributed by atoms with van der Waals surface area (Å²) < 4.78 is 6.06. The van der Waals surface area contributed by atoms with Crippen LogP contribution in [-0.4, -0.2) is 29.6 Å². The fourth-order valence-corrected chi connectivity index (χ4v) is 4.40. The van der Waals surface area contributed by atoms with E-state index in [1.807, 2.05) is 43.3 Å². The molecule has 1 aromatic rings. The number of amides is 1. The molecular formula is C19H18NO4-. The van der Waals surface area contributed by atoms with Crippen molar-refractivity contribution in [1.82, 2.24) is 0 Å². The molecule has 2 fully saturated rings. The quantitative estimate of drug-likeness (QED) is 0.777. The number of hydrogen-bond donors (Lipinski definition) is 0. The Morgan fingerprint density at radius 2 is 2.08 bits per heavy atom. The second-order valence-electron chi connectivity index (χ2n) is 6.84. The molecule has 4 rings (SSSR count). The Morgan fingerprint density at radius 1 is 1.38 bits per heavy atom. The van der Waals surface area contributed by atoms with Crippen molar-refractivity contribution in [1.29, 1.82) is 0 Å². The molecule has 2 bridgehead atoms. The van der Waals surface area contributed by atoms with Gasteiger partial charge in [-0.1, -0.05) is 35.9 Å². The van der Waals surface area contributed by atoms with Crippen molar-refractivity contribution in [3.05, 3.63) is 54.6 Å². The number of fused-ring (bicyclic) bond motifs is 1. The van der Waals surface area contributed by atoms with Gasteiger partial charge in [0.25, 0.3) is 0 Å². The van der Waals surface area contributed by atoms with Gasteiger partial charge < -0.3 is 19.5 Å². The van der Waals surface area contributed by atoms with E-state index in [0.717, 1.165) is 11.3 Å². The molecule has 0 radical (unpaired) electrons. The first-order chi connectivity index (χ1) is 11.5. The molecule has 0 N–H and O–H groups in total. The van der Waals surface area contributed by atoms with Crippen LogP contribution < -0.4 is 10.0 Å². The van der Waals surface area contributed by atoms with Crippen LogP contribution in [0.25, 0.3) is 0 Å². The van der Waals surface area contributed by atoms with Crippen molar-refractivity contribution in [3.8, 4) is 0 Å². The zero-order valence-electron chi connectivity index (χ0n) is 13.3. The summed E-state index contributed by atoms with van der Waals surface area (Å²) in [6.07, 6.45) is 3.59. The van der Waals surface area contributed by atoms with E-state index in [2.05, 4.69) is 6.58 Å². The van der Waals surface area contributed by atoms with E-state index in [-0.39, 0.29) is 11.9 Å². The van der Waals surface area contributed by atoms with Gasteiger partial charge in [0.15, 0.2) is 0 Å². The lowest BCUT2D eigenvalue weighted by Gasteiger charge is -2.33. The van der Waals surface area contributed by atoms with E-state index in [1.165, 1.54) is 0 Å². The number of para-hydroxylation sites is 1. The Balaban J connectivity index is 1.85. The zero-order valence-corrected chi connectivity index (χ0v) is 13.3. The van der Waals surface area contributed by atoms with Crippen LogP contribution in [0.5, 0.6) is 0 Å². The molecule has 0 unspecified atom stereocenters.